The van der Waals surface area contributed by atoms with Crippen LogP contribution in [0.5, 0.6) is 11.5 Å². The number of pyridine rings is 1. The zero-order valence-electron chi connectivity index (χ0n) is 17.5. The minimum atomic E-state index is -0.291. The Morgan fingerprint density at radius 1 is 1.12 bits per heavy atom. The van der Waals surface area contributed by atoms with E-state index in [0.29, 0.717) is 35.0 Å². The number of hydrogen-bond acceptors (Lipinski definition) is 5. The van der Waals surface area contributed by atoms with Crippen molar-refractivity contribution in [3.63, 3.8) is 0 Å². The maximum Gasteiger partial charge on any atom is 0.350 e. The second-order valence-corrected chi connectivity index (χ2v) is 6.99. The molecule has 0 unspecified atom stereocenters. The monoisotopic (exact) mass is 430 g/mol. The fraction of sp³-hybridized carbons (Fsp3) is 0.125. The first-order valence-corrected chi connectivity index (χ1v) is 9.95. The van der Waals surface area contributed by atoms with Gasteiger partial charge >= 0.3 is 5.69 Å². The smallest absolute Gasteiger partial charge is 0.350 e. The van der Waals surface area contributed by atoms with Gasteiger partial charge in [-0.15, -0.1) is 5.10 Å². The Balaban J connectivity index is 1.51. The highest BCUT2D eigenvalue weighted by Crippen LogP contribution is 2.28. The molecule has 1 N–H and O–H groups in total. The number of carbonyl (C=O) groups excluding carboxylic acids is 1. The minimum Gasteiger partial charge on any atom is -0.493 e. The molecule has 2 aromatic carbocycles. The summed E-state index contributed by atoms with van der Waals surface area (Å²) in [5, 5.41) is 7.22. The number of methoxy groups -OCH3 is 1. The van der Waals surface area contributed by atoms with E-state index in [2.05, 4.69) is 17.0 Å². The minimum absolute atomic E-state index is 0.221. The molecule has 0 bridgehead atoms. The van der Waals surface area contributed by atoms with Crippen LogP contribution in [0.15, 0.2) is 84.3 Å². The Hall–Kier alpha value is -4.33. The highest BCUT2D eigenvalue weighted by molar-refractivity contribution is 6.04. The van der Waals surface area contributed by atoms with Gasteiger partial charge in [-0.2, -0.15) is 0 Å². The van der Waals surface area contributed by atoms with E-state index in [-0.39, 0.29) is 18.1 Å². The lowest BCUT2D eigenvalue weighted by Gasteiger charge is -2.12. The topological polar surface area (TPSA) is 86.9 Å². The van der Waals surface area contributed by atoms with E-state index in [1.165, 1.54) is 16.2 Å². The summed E-state index contributed by atoms with van der Waals surface area (Å²) >= 11 is 0. The van der Waals surface area contributed by atoms with Crippen LogP contribution in [-0.2, 0) is 6.54 Å². The fourth-order valence-electron chi connectivity index (χ4n) is 3.27. The summed E-state index contributed by atoms with van der Waals surface area (Å²) in [5.74, 6) is 0.698. The number of amides is 1. The van der Waals surface area contributed by atoms with Crippen LogP contribution >= 0.6 is 0 Å². The molecule has 8 nitrogen and oxygen atoms in total. The van der Waals surface area contributed by atoms with E-state index in [4.69, 9.17) is 9.47 Å². The van der Waals surface area contributed by atoms with Gasteiger partial charge in [0.15, 0.2) is 17.1 Å². The quantitative estimate of drug-likeness (QED) is 0.433. The molecular formula is C24H22N4O4. The number of aromatic nitrogens is 3. The second-order valence-electron chi connectivity index (χ2n) is 6.99. The summed E-state index contributed by atoms with van der Waals surface area (Å²) in [6, 6.07) is 17.6. The Labute approximate surface area is 184 Å². The Morgan fingerprint density at radius 2 is 2.00 bits per heavy atom. The normalized spacial score (nSPS) is 10.7. The van der Waals surface area contributed by atoms with E-state index in [9.17, 15) is 9.59 Å². The van der Waals surface area contributed by atoms with Gasteiger partial charge in [0, 0.05) is 17.4 Å². The number of benzene rings is 2. The molecular weight excluding hydrogens is 408 g/mol. The van der Waals surface area contributed by atoms with Crippen LogP contribution in [0, 0.1) is 0 Å². The lowest BCUT2D eigenvalue weighted by atomic mass is 10.1. The van der Waals surface area contributed by atoms with Gasteiger partial charge in [-0.25, -0.2) is 9.48 Å². The highest BCUT2D eigenvalue weighted by atomic mass is 16.5. The fourth-order valence-corrected chi connectivity index (χ4v) is 3.27. The molecule has 0 fully saturated rings. The van der Waals surface area contributed by atoms with Crippen LogP contribution in [0.2, 0.25) is 0 Å². The van der Waals surface area contributed by atoms with E-state index in [0.717, 1.165) is 5.56 Å². The molecule has 0 saturated carbocycles. The first-order valence-electron chi connectivity index (χ1n) is 9.95. The van der Waals surface area contributed by atoms with E-state index in [1.54, 1.807) is 48.7 Å². The summed E-state index contributed by atoms with van der Waals surface area (Å²) in [5.41, 5.74) is 2.22. The zero-order chi connectivity index (χ0) is 22.5. The molecule has 8 heteroatoms. The molecule has 2 aromatic heterocycles. The first kappa shape index (κ1) is 20.9. The average Bonchev–Trinajstić information content (AvgIpc) is 3.13. The number of nitrogens with one attached hydrogen (secondary N) is 1. The van der Waals surface area contributed by atoms with Crippen LogP contribution in [0.25, 0.3) is 5.65 Å². The van der Waals surface area contributed by atoms with Gasteiger partial charge in [-0.05, 0) is 48.0 Å². The largest absolute Gasteiger partial charge is 0.493 e. The number of fused-ring (bicyclic) bond motifs is 1. The van der Waals surface area contributed by atoms with Crippen molar-refractivity contribution in [2.75, 3.05) is 19.0 Å². The number of hydrogen-bond donors (Lipinski definition) is 1. The van der Waals surface area contributed by atoms with Crippen LogP contribution in [0.3, 0.4) is 0 Å². The van der Waals surface area contributed by atoms with Crippen molar-refractivity contribution in [1.82, 2.24) is 14.2 Å². The zero-order valence-corrected chi connectivity index (χ0v) is 17.5. The van der Waals surface area contributed by atoms with Crippen molar-refractivity contribution in [3.8, 4) is 11.5 Å². The van der Waals surface area contributed by atoms with Crippen LogP contribution < -0.4 is 20.5 Å². The third-order valence-electron chi connectivity index (χ3n) is 4.79. The number of carbonyl (C=O) groups is 1. The van der Waals surface area contributed by atoms with E-state index in [1.807, 2.05) is 24.3 Å². The first-order chi connectivity index (χ1) is 15.6. The molecule has 0 aliphatic heterocycles. The third-order valence-corrected chi connectivity index (χ3v) is 4.79. The van der Waals surface area contributed by atoms with Crippen LogP contribution in [0.4, 0.5) is 5.69 Å². The van der Waals surface area contributed by atoms with Gasteiger partial charge in [0.2, 0.25) is 0 Å². The molecule has 4 aromatic rings. The van der Waals surface area contributed by atoms with Crippen molar-refractivity contribution in [3.05, 3.63) is 101 Å². The molecule has 32 heavy (non-hydrogen) atoms. The predicted octanol–water partition coefficient (Wildman–Crippen LogP) is 3.37. The van der Waals surface area contributed by atoms with Gasteiger partial charge in [0.05, 0.1) is 13.7 Å². The molecule has 0 aliphatic rings. The molecule has 162 valence electrons. The molecule has 0 atom stereocenters. The van der Waals surface area contributed by atoms with E-state index < -0.39 is 0 Å². The highest BCUT2D eigenvalue weighted by Gasteiger charge is 2.12. The summed E-state index contributed by atoms with van der Waals surface area (Å²) in [6.45, 7) is 4.24. The lowest BCUT2D eigenvalue weighted by Crippen LogP contribution is -2.21. The Kier molecular flexibility index (Phi) is 6.03. The van der Waals surface area contributed by atoms with Crippen molar-refractivity contribution < 1.29 is 14.3 Å². The summed E-state index contributed by atoms with van der Waals surface area (Å²) in [7, 11) is 1.52. The third kappa shape index (κ3) is 4.39. The SMILES string of the molecule is C=CCOc1ccc(C(=O)Nc2cccc(Cn3nc4ccccn4c3=O)c2)cc1OC. The molecule has 0 spiro atoms. The van der Waals surface area contributed by atoms with Crippen molar-refractivity contribution in [1.29, 1.82) is 0 Å². The molecule has 0 saturated heterocycles. The van der Waals surface area contributed by atoms with Gasteiger partial charge in [0.1, 0.15) is 6.61 Å². The van der Waals surface area contributed by atoms with Gasteiger partial charge in [0.25, 0.3) is 5.91 Å². The predicted molar refractivity (Wildman–Crippen MR) is 122 cm³/mol. The summed E-state index contributed by atoms with van der Waals surface area (Å²) < 4.78 is 13.7. The van der Waals surface area contributed by atoms with Gasteiger partial charge in [-0.1, -0.05) is 30.9 Å². The summed E-state index contributed by atoms with van der Waals surface area (Å²) in [6.07, 6.45) is 3.31. The van der Waals surface area contributed by atoms with Gasteiger partial charge in [-0.3, -0.25) is 9.20 Å². The number of rotatable bonds is 8. The number of ether oxygens (including phenoxy) is 2. The van der Waals surface area contributed by atoms with Crippen molar-refractivity contribution >= 4 is 17.2 Å². The van der Waals surface area contributed by atoms with Crippen molar-refractivity contribution in [2.45, 2.75) is 6.54 Å². The molecule has 0 radical (unpaired) electrons. The maximum atomic E-state index is 12.8. The molecule has 2 heterocycles. The molecule has 4 rings (SSSR count). The number of anilines is 1. The Morgan fingerprint density at radius 3 is 2.78 bits per heavy atom. The molecule has 1 amide bonds. The second kappa shape index (κ2) is 9.22. The van der Waals surface area contributed by atoms with E-state index >= 15 is 0 Å². The maximum absolute atomic E-state index is 12.8. The average molecular weight is 430 g/mol. The molecule has 0 aliphatic carbocycles. The Bertz CT molecular complexity index is 1340. The van der Waals surface area contributed by atoms with Crippen LogP contribution in [-0.4, -0.2) is 33.8 Å². The van der Waals surface area contributed by atoms with Crippen molar-refractivity contribution in [2.24, 2.45) is 0 Å². The lowest BCUT2D eigenvalue weighted by molar-refractivity contribution is 0.102. The van der Waals surface area contributed by atoms with Gasteiger partial charge < -0.3 is 14.8 Å². The number of nitrogens with zero attached hydrogens (tertiary/aromatic N) is 3. The standard InChI is InChI=1S/C24H22N4O4/c1-3-13-32-20-11-10-18(15-21(20)31-2)23(29)25-19-8-6-7-17(14-19)16-28-24(30)27-12-5-4-9-22(27)26-28/h3-12,14-15H,1,13,16H2,2H3,(H,25,29). The summed E-state index contributed by atoms with van der Waals surface area (Å²) in [4.78, 5) is 25.3. The van der Waals surface area contributed by atoms with Crippen LogP contribution in [0.1, 0.15) is 15.9 Å².